The summed E-state index contributed by atoms with van der Waals surface area (Å²) in [5.41, 5.74) is 2.89. The van der Waals surface area contributed by atoms with Gasteiger partial charge in [-0.3, -0.25) is 0 Å². The summed E-state index contributed by atoms with van der Waals surface area (Å²) in [7, 11) is -0.649. The molecule has 0 aliphatic carbocycles. The second-order valence-electron chi connectivity index (χ2n) is 8.13. The lowest BCUT2D eigenvalue weighted by Gasteiger charge is -2.44. The summed E-state index contributed by atoms with van der Waals surface area (Å²) < 4.78 is 11.5. The molecule has 1 aromatic carbocycles. The van der Waals surface area contributed by atoms with Crippen LogP contribution in [0.25, 0.3) is 11.3 Å². The van der Waals surface area contributed by atoms with Gasteiger partial charge in [-0.05, 0) is 34.3 Å². The standard InChI is InChI=1S/C24H32O3Si/c1-17(2)28(18(3)4,19(5)6)22(16-25)23(20-12-9-8-10-13-20)24(26-7)21-14-11-15-27-21/h8-15,17-19H,1-7H3/b24-23-. The highest BCUT2D eigenvalue weighted by Crippen LogP contribution is 2.50. The number of rotatable bonds is 8. The Hall–Kier alpha value is -2.29. The quantitative estimate of drug-likeness (QED) is 0.214. The summed E-state index contributed by atoms with van der Waals surface area (Å²) in [6.45, 7) is 13.4. The molecule has 0 aliphatic heterocycles. The van der Waals surface area contributed by atoms with Gasteiger partial charge in [0.15, 0.2) is 11.5 Å². The number of ether oxygens (including phenoxy) is 1. The minimum Gasteiger partial charge on any atom is -0.492 e. The fourth-order valence-electron chi connectivity index (χ4n) is 4.95. The molecule has 150 valence electrons. The van der Waals surface area contributed by atoms with Crippen LogP contribution >= 0.6 is 0 Å². The number of hydrogen-bond acceptors (Lipinski definition) is 3. The van der Waals surface area contributed by atoms with Crippen molar-refractivity contribution in [2.75, 3.05) is 7.11 Å². The Bertz CT molecular complexity index is 817. The summed E-state index contributed by atoms with van der Waals surface area (Å²) in [6, 6.07) is 13.7. The van der Waals surface area contributed by atoms with Gasteiger partial charge in [-0.25, -0.2) is 4.79 Å². The molecular formula is C24H32O3Si. The number of furan rings is 1. The summed E-state index contributed by atoms with van der Waals surface area (Å²) in [5, 5.41) is 0.784. The molecule has 0 N–H and O–H groups in total. The van der Waals surface area contributed by atoms with E-state index in [4.69, 9.17) is 9.15 Å². The van der Waals surface area contributed by atoms with Crippen LogP contribution in [0.15, 0.2) is 58.3 Å². The fraction of sp³-hybridized carbons (Fsp3) is 0.417. The minimum atomic E-state index is -2.28. The van der Waals surface area contributed by atoms with Crippen LogP contribution in [-0.4, -0.2) is 21.1 Å². The maximum atomic E-state index is 12.6. The molecule has 28 heavy (non-hydrogen) atoms. The fourth-order valence-corrected chi connectivity index (χ4v) is 11.5. The van der Waals surface area contributed by atoms with E-state index in [1.54, 1.807) is 13.4 Å². The van der Waals surface area contributed by atoms with Gasteiger partial charge >= 0.3 is 0 Å². The highest BCUT2D eigenvalue weighted by Gasteiger charge is 2.49. The second-order valence-corrected chi connectivity index (χ2v) is 14.0. The first-order valence-corrected chi connectivity index (χ1v) is 12.2. The lowest BCUT2D eigenvalue weighted by molar-refractivity contribution is 0.353. The summed E-state index contributed by atoms with van der Waals surface area (Å²) in [6.07, 6.45) is 1.62. The van der Waals surface area contributed by atoms with Gasteiger partial charge in [-0.1, -0.05) is 71.9 Å². The third kappa shape index (κ3) is 3.80. The molecule has 2 aromatic rings. The second kappa shape index (κ2) is 9.27. The summed E-state index contributed by atoms with van der Waals surface area (Å²) >= 11 is 0. The number of benzene rings is 1. The highest BCUT2D eigenvalue weighted by molar-refractivity contribution is 6.93. The van der Waals surface area contributed by atoms with E-state index >= 15 is 0 Å². The van der Waals surface area contributed by atoms with Crippen molar-refractivity contribution in [2.24, 2.45) is 0 Å². The van der Waals surface area contributed by atoms with Crippen molar-refractivity contribution in [1.82, 2.24) is 0 Å². The van der Waals surface area contributed by atoms with E-state index in [-0.39, 0.29) is 0 Å². The van der Waals surface area contributed by atoms with Gasteiger partial charge < -0.3 is 9.15 Å². The lowest BCUT2D eigenvalue weighted by atomic mass is 10.0. The van der Waals surface area contributed by atoms with Crippen LogP contribution in [-0.2, 0) is 9.53 Å². The van der Waals surface area contributed by atoms with E-state index in [0.717, 1.165) is 16.3 Å². The first-order valence-electron chi connectivity index (χ1n) is 9.95. The summed E-state index contributed by atoms with van der Waals surface area (Å²) in [4.78, 5) is 12.6. The molecule has 0 unspecified atom stereocenters. The van der Waals surface area contributed by atoms with Gasteiger partial charge in [-0.15, -0.1) is 0 Å². The third-order valence-corrected chi connectivity index (χ3v) is 12.8. The molecule has 4 heteroatoms. The molecule has 0 spiro atoms. The lowest BCUT2D eigenvalue weighted by Crippen LogP contribution is -2.47. The van der Waals surface area contributed by atoms with Crippen molar-refractivity contribution in [3.05, 3.63) is 65.2 Å². The van der Waals surface area contributed by atoms with Crippen LogP contribution in [0.4, 0.5) is 0 Å². The van der Waals surface area contributed by atoms with E-state index in [0.29, 0.717) is 28.1 Å². The van der Waals surface area contributed by atoms with E-state index in [9.17, 15) is 4.79 Å². The largest absolute Gasteiger partial charge is 0.492 e. The minimum absolute atomic E-state index is 0.373. The molecule has 0 saturated carbocycles. The van der Waals surface area contributed by atoms with Gasteiger partial charge in [-0.2, -0.15) is 0 Å². The van der Waals surface area contributed by atoms with Crippen LogP contribution in [0.1, 0.15) is 52.9 Å². The molecule has 3 nitrogen and oxygen atoms in total. The predicted molar refractivity (Wildman–Crippen MR) is 119 cm³/mol. The first-order chi connectivity index (χ1) is 13.3. The van der Waals surface area contributed by atoms with Crippen molar-refractivity contribution in [3.63, 3.8) is 0 Å². The maximum Gasteiger partial charge on any atom is 0.169 e. The molecule has 1 heterocycles. The van der Waals surface area contributed by atoms with Crippen LogP contribution in [0.2, 0.25) is 16.6 Å². The van der Waals surface area contributed by atoms with Crippen molar-refractivity contribution >= 4 is 25.3 Å². The van der Waals surface area contributed by atoms with Crippen molar-refractivity contribution in [2.45, 2.75) is 58.2 Å². The molecule has 0 atom stereocenters. The topological polar surface area (TPSA) is 39.4 Å². The highest BCUT2D eigenvalue weighted by atomic mass is 28.3. The molecule has 0 amide bonds. The molecule has 1 aromatic heterocycles. The zero-order chi connectivity index (χ0) is 20.9. The van der Waals surface area contributed by atoms with Crippen LogP contribution in [0, 0.1) is 0 Å². The Morgan fingerprint density at radius 1 is 0.929 bits per heavy atom. The zero-order valence-corrected chi connectivity index (χ0v) is 19.1. The molecular weight excluding hydrogens is 364 g/mol. The third-order valence-electron chi connectivity index (χ3n) is 5.89. The molecule has 2 rings (SSSR count). The van der Waals surface area contributed by atoms with Crippen molar-refractivity contribution < 1.29 is 13.9 Å². The van der Waals surface area contributed by atoms with Crippen LogP contribution < -0.4 is 0 Å². The zero-order valence-electron chi connectivity index (χ0n) is 18.1. The Labute approximate surface area is 170 Å². The average Bonchev–Trinajstić information content (AvgIpc) is 3.18. The molecule has 0 saturated heterocycles. The number of carbonyl (C=O) groups excluding carboxylic acids is 1. The van der Waals surface area contributed by atoms with E-state index in [2.05, 4.69) is 47.5 Å². The number of allylic oxidation sites excluding steroid dienone is 2. The molecule has 0 bridgehead atoms. The Balaban J connectivity index is 2.95. The van der Waals surface area contributed by atoms with E-state index < -0.39 is 8.07 Å². The van der Waals surface area contributed by atoms with Gasteiger partial charge in [0.2, 0.25) is 0 Å². The van der Waals surface area contributed by atoms with Crippen LogP contribution in [0.3, 0.4) is 0 Å². The average molecular weight is 397 g/mol. The number of methoxy groups -OCH3 is 1. The van der Waals surface area contributed by atoms with Gasteiger partial charge in [0.1, 0.15) is 14.0 Å². The van der Waals surface area contributed by atoms with Gasteiger partial charge in [0.05, 0.1) is 13.4 Å². The smallest absolute Gasteiger partial charge is 0.169 e. The van der Waals surface area contributed by atoms with E-state index in [1.807, 2.05) is 42.5 Å². The molecule has 0 fully saturated rings. The Morgan fingerprint density at radius 3 is 1.89 bits per heavy atom. The Morgan fingerprint density at radius 2 is 1.50 bits per heavy atom. The van der Waals surface area contributed by atoms with Crippen molar-refractivity contribution in [3.8, 4) is 0 Å². The van der Waals surface area contributed by atoms with E-state index in [1.165, 1.54) is 0 Å². The SMILES string of the molecule is CO/C(=C(\C(=C=O)[Si](C(C)C)(C(C)C)C(C)C)c1ccccc1)c1ccco1. The van der Waals surface area contributed by atoms with Crippen molar-refractivity contribution in [1.29, 1.82) is 0 Å². The van der Waals surface area contributed by atoms with Crippen LogP contribution in [0.5, 0.6) is 0 Å². The molecule has 0 radical (unpaired) electrons. The van der Waals surface area contributed by atoms with Gasteiger partial charge in [0, 0.05) is 10.8 Å². The molecule has 0 aliphatic rings. The number of hydrogen-bond donors (Lipinski definition) is 0. The normalized spacial score (nSPS) is 12.9. The predicted octanol–water partition coefficient (Wildman–Crippen LogP) is 6.77. The first kappa shape index (κ1) is 22.0. The monoisotopic (exact) mass is 396 g/mol. The van der Waals surface area contributed by atoms with Gasteiger partial charge in [0.25, 0.3) is 0 Å². The summed E-state index contributed by atoms with van der Waals surface area (Å²) in [5.74, 6) is 3.62. The maximum absolute atomic E-state index is 12.6. The Kier molecular flexibility index (Phi) is 7.28.